The average molecular weight is 551 g/mol. The van der Waals surface area contributed by atoms with E-state index in [0.717, 1.165) is 33.9 Å². The quantitative estimate of drug-likeness (QED) is 0.207. The van der Waals surface area contributed by atoms with Crippen molar-refractivity contribution in [2.24, 2.45) is 0 Å². The van der Waals surface area contributed by atoms with Crippen LogP contribution in [0.3, 0.4) is 0 Å². The van der Waals surface area contributed by atoms with E-state index in [9.17, 15) is 9.90 Å². The number of nitrogens with zero attached hydrogens (tertiary/aromatic N) is 1. The van der Waals surface area contributed by atoms with Crippen LogP contribution >= 0.6 is 0 Å². The van der Waals surface area contributed by atoms with Gasteiger partial charge in [0.25, 0.3) is 0 Å². The number of carboxylic acid groups (broad SMARTS) is 1. The molecule has 4 aromatic rings. The van der Waals surface area contributed by atoms with Crippen LogP contribution in [0.15, 0.2) is 121 Å². The van der Waals surface area contributed by atoms with Crippen LogP contribution < -0.4 is 19.7 Å². The fourth-order valence-corrected chi connectivity index (χ4v) is 5.87. The maximum Gasteiger partial charge on any atom is 0.506 e. The van der Waals surface area contributed by atoms with Crippen molar-refractivity contribution in [2.75, 3.05) is 24.4 Å². The summed E-state index contributed by atoms with van der Waals surface area (Å²) in [6, 6.07) is 35.3. The molecule has 0 aromatic heterocycles. The summed E-state index contributed by atoms with van der Waals surface area (Å²) in [5, 5.41) is 13.5. The van der Waals surface area contributed by atoms with E-state index in [0.29, 0.717) is 12.2 Å². The molecule has 0 radical (unpaired) electrons. The topological polar surface area (TPSA) is 80.3 Å². The number of anilines is 2. The molecule has 4 aromatic carbocycles. The van der Waals surface area contributed by atoms with Crippen molar-refractivity contribution >= 4 is 17.5 Å². The van der Waals surface area contributed by atoms with Crippen LogP contribution in [-0.2, 0) is 10.3 Å². The van der Waals surface area contributed by atoms with E-state index in [4.69, 9.17) is 14.2 Å². The number of hydrogen-bond acceptors (Lipinski definition) is 6. The Bertz CT molecular complexity index is 1510. The van der Waals surface area contributed by atoms with Crippen molar-refractivity contribution in [2.45, 2.75) is 31.0 Å². The lowest BCUT2D eigenvalue weighted by atomic mass is 9.75. The Labute approximate surface area is 240 Å². The Balaban J connectivity index is 1.86. The predicted octanol–water partition coefficient (Wildman–Crippen LogP) is 7.63. The first-order valence-corrected chi connectivity index (χ1v) is 13.5. The molecule has 41 heavy (non-hydrogen) atoms. The van der Waals surface area contributed by atoms with Gasteiger partial charge in [-0.3, -0.25) is 0 Å². The third-order valence-electron chi connectivity index (χ3n) is 7.56. The second-order valence-electron chi connectivity index (χ2n) is 9.88. The van der Waals surface area contributed by atoms with Gasteiger partial charge in [0.2, 0.25) is 0 Å². The minimum Gasteiger partial charge on any atom is -0.496 e. The first kappa shape index (κ1) is 27.6. The van der Waals surface area contributed by atoms with Crippen molar-refractivity contribution in [3.8, 4) is 11.5 Å². The van der Waals surface area contributed by atoms with Gasteiger partial charge in [0.05, 0.1) is 20.3 Å². The summed E-state index contributed by atoms with van der Waals surface area (Å²) in [7, 11) is 3.28. The fourth-order valence-electron chi connectivity index (χ4n) is 5.87. The molecule has 3 unspecified atom stereocenters. The van der Waals surface area contributed by atoms with Crippen LogP contribution in [0.5, 0.6) is 11.5 Å². The van der Waals surface area contributed by atoms with E-state index in [2.05, 4.69) is 22.4 Å². The van der Waals surface area contributed by atoms with Crippen LogP contribution in [0.25, 0.3) is 0 Å². The largest absolute Gasteiger partial charge is 0.506 e. The molecule has 7 heteroatoms. The van der Waals surface area contributed by atoms with Gasteiger partial charge in [-0.2, -0.15) is 0 Å². The van der Waals surface area contributed by atoms with E-state index >= 15 is 0 Å². The maximum absolute atomic E-state index is 12.1. The third-order valence-corrected chi connectivity index (χ3v) is 7.56. The Morgan fingerprint density at radius 2 is 1.44 bits per heavy atom. The van der Waals surface area contributed by atoms with Crippen LogP contribution in [0.4, 0.5) is 16.2 Å². The van der Waals surface area contributed by atoms with Crippen LogP contribution in [0, 0.1) is 0 Å². The lowest BCUT2D eigenvalue weighted by Gasteiger charge is -2.53. The van der Waals surface area contributed by atoms with Gasteiger partial charge >= 0.3 is 6.16 Å². The van der Waals surface area contributed by atoms with Gasteiger partial charge in [0, 0.05) is 34.6 Å². The number of rotatable bonds is 9. The Morgan fingerprint density at radius 3 is 2.10 bits per heavy atom. The second-order valence-corrected chi connectivity index (χ2v) is 9.88. The van der Waals surface area contributed by atoms with E-state index in [1.54, 1.807) is 21.1 Å². The van der Waals surface area contributed by atoms with Crippen molar-refractivity contribution in [1.82, 2.24) is 0 Å². The number of hydrogen-bond donors (Lipinski definition) is 2. The summed E-state index contributed by atoms with van der Waals surface area (Å²) in [4.78, 5) is 14.4. The summed E-state index contributed by atoms with van der Waals surface area (Å²) >= 11 is 0. The molecule has 0 saturated carbocycles. The molecule has 0 fully saturated rings. The SMILES string of the molecule is COc1ccccc1C1CC(Nc2ccccc2)=CC(c2ccccc2OC)(C(C)OC(=O)O)N1c1ccccc1. The molecular weight excluding hydrogens is 516 g/mol. The highest BCUT2D eigenvalue weighted by Gasteiger charge is 2.52. The standard InChI is InChI=1S/C34H34N2O5/c1-24(41-33(37)38)34(29-19-11-13-21-32(29)40-3)23-26(35-25-14-6-4-7-15-25)22-30(28-18-10-12-20-31(28)39-2)36(34)27-16-8-5-9-17-27/h4-21,23-24,30,35H,22H2,1-3H3,(H,37,38). The molecule has 7 nitrogen and oxygen atoms in total. The molecule has 3 atom stereocenters. The van der Waals surface area contributed by atoms with E-state index in [1.165, 1.54) is 0 Å². The molecule has 0 amide bonds. The Morgan fingerprint density at radius 1 is 0.854 bits per heavy atom. The highest BCUT2D eigenvalue weighted by molar-refractivity contribution is 5.65. The van der Waals surface area contributed by atoms with Gasteiger partial charge in [0.15, 0.2) is 0 Å². The zero-order chi connectivity index (χ0) is 28.8. The number of benzene rings is 4. The van der Waals surface area contributed by atoms with E-state index in [1.807, 2.05) is 103 Å². The van der Waals surface area contributed by atoms with Crippen LogP contribution in [0.2, 0.25) is 0 Å². The molecule has 2 N–H and O–H groups in total. The number of carbonyl (C=O) groups is 1. The van der Waals surface area contributed by atoms with Gasteiger partial charge in [-0.05, 0) is 49.4 Å². The summed E-state index contributed by atoms with van der Waals surface area (Å²) in [5.41, 5.74) is 3.32. The van der Waals surface area contributed by atoms with Crippen LogP contribution in [0.1, 0.15) is 30.5 Å². The zero-order valence-electron chi connectivity index (χ0n) is 23.4. The minimum absolute atomic E-state index is 0.283. The first-order valence-electron chi connectivity index (χ1n) is 13.5. The number of nitrogens with one attached hydrogen (secondary N) is 1. The second kappa shape index (κ2) is 12.1. The molecule has 5 rings (SSSR count). The van der Waals surface area contributed by atoms with Crippen molar-refractivity contribution in [3.63, 3.8) is 0 Å². The van der Waals surface area contributed by atoms with Gasteiger partial charge in [-0.15, -0.1) is 0 Å². The zero-order valence-corrected chi connectivity index (χ0v) is 23.4. The highest BCUT2D eigenvalue weighted by Crippen LogP contribution is 2.53. The summed E-state index contributed by atoms with van der Waals surface area (Å²) in [6.45, 7) is 1.79. The van der Waals surface area contributed by atoms with Crippen molar-refractivity contribution in [3.05, 3.63) is 132 Å². The third kappa shape index (κ3) is 5.43. The Hall–Kier alpha value is -4.91. The van der Waals surface area contributed by atoms with Crippen molar-refractivity contribution in [1.29, 1.82) is 0 Å². The summed E-state index contributed by atoms with van der Waals surface area (Å²) in [6.07, 6.45) is 0.456. The monoisotopic (exact) mass is 550 g/mol. The molecule has 0 spiro atoms. The van der Waals surface area contributed by atoms with Gasteiger partial charge in [0.1, 0.15) is 23.1 Å². The summed E-state index contributed by atoms with van der Waals surface area (Å²) in [5.74, 6) is 1.35. The molecule has 1 aliphatic heterocycles. The fraction of sp³-hybridized carbons (Fsp3) is 0.206. The number of ether oxygens (including phenoxy) is 3. The first-order chi connectivity index (χ1) is 20.0. The summed E-state index contributed by atoms with van der Waals surface area (Å²) < 4.78 is 17.4. The molecule has 0 aliphatic carbocycles. The molecule has 1 aliphatic rings. The Kier molecular flexibility index (Phi) is 8.15. The molecule has 1 heterocycles. The normalized spacial score (nSPS) is 19.0. The van der Waals surface area contributed by atoms with E-state index in [-0.39, 0.29) is 6.04 Å². The van der Waals surface area contributed by atoms with Gasteiger partial charge in [-0.1, -0.05) is 72.8 Å². The molecule has 210 valence electrons. The predicted molar refractivity (Wildman–Crippen MR) is 161 cm³/mol. The van der Waals surface area contributed by atoms with E-state index < -0.39 is 17.8 Å². The molecule has 0 saturated heterocycles. The van der Waals surface area contributed by atoms with Gasteiger partial charge < -0.3 is 29.5 Å². The van der Waals surface area contributed by atoms with Crippen molar-refractivity contribution < 1.29 is 24.1 Å². The lowest BCUT2D eigenvalue weighted by Crippen LogP contribution is -2.57. The minimum atomic E-state index is -1.36. The molecule has 0 bridgehead atoms. The van der Waals surface area contributed by atoms with Gasteiger partial charge in [-0.25, -0.2) is 4.79 Å². The van der Waals surface area contributed by atoms with Crippen LogP contribution in [-0.4, -0.2) is 31.6 Å². The number of para-hydroxylation sites is 4. The highest BCUT2D eigenvalue weighted by atomic mass is 16.7. The average Bonchev–Trinajstić information content (AvgIpc) is 3.01. The number of methoxy groups -OCH3 is 2. The maximum atomic E-state index is 12.1. The molecular formula is C34H34N2O5. The smallest absolute Gasteiger partial charge is 0.496 e. The lowest BCUT2D eigenvalue weighted by molar-refractivity contribution is 0.0271.